The van der Waals surface area contributed by atoms with E-state index in [2.05, 4.69) is 5.10 Å². The fourth-order valence-corrected chi connectivity index (χ4v) is 6.32. The number of rotatable bonds is 3. The van der Waals surface area contributed by atoms with Gasteiger partial charge in [-0.15, -0.1) is 0 Å². The van der Waals surface area contributed by atoms with E-state index < -0.39 is 51.5 Å². The third kappa shape index (κ3) is 3.46. The number of esters is 1. The van der Waals surface area contributed by atoms with Crippen LogP contribution in [-0.2, 0) is 9.53 Å². The van der Waals surface area contributed by atoms with Crippen molar-refractivity contribution in [2.45, 2.75) is 44.4 Å². The maximum Gasteiger partial charge on any atom is 0.331 e. The summed E-state index contributed by atoms with van der Waals surface area (Å²) in [6, 6.07) is 17.5. The highest BCUT2D eigenvalue weighted by Gasteiger charge is 2.73. The van der Waals surface area contributed by atoms with E-state index in [1.54, 1.807) is 57.3 Å². The Hall–Kier alpha value is -4.66. The quantitative estimate of drug-likeness (QED) is 0.208. The topological polar surface area (TPSA) is 119 Å². The molecule has 9 nitrogen and oxygen atoms in total. The Morgan fingerprint density at radius 1 is 0.974 bits per heavy atom. The molecule has 3 aromatic rings. The molecule has 1 aliphatic carbocycles. The van der Waals surface area contributed by atoms with Crippen LogP contribution in [0, 0.1) is 15.5 Å². The van der Waals surface area contributed by atoms with E-state index >= 15 is 0 Å². The van der Waals surface area contributed by atoms with Crippen LogP contribution in [0.4, 0.5) is 5.69 Å². The molecule has 0 bridgehead atoms. The molecular weight excluding hydrogens is 498 g/mol. The minimum Gasteiger partial charge on any atom is -0.458 e. The number of nitro groups is 1. The fourth-order valence-electron chi connectivity index (χ4n) is 6.32. The normalized spacial score (nSPS) is 22.4. The van der Waals surface area contributed by atoms with Crippen molar-refractivity contribution in [1.82, 2.24) is 5.01 Å². The summed E-state index contributed by atoms with van der Waals surface area (Å²) in [6.45, 7) is 5.18. The number of non-ortho nitro benzene ring substituents is 1. The van der Waals surface area contributed by atoms with E-state index in [9.17, 15) is 24.5 Å². The van der Waals surface area contributed by atoms with Gasteiger partial charge in [0.25, 0.3) is 5.69 Å². The number of carbonyl (C=O) groups is 3. The van der Waals surface area contributed by atoms with Crippen LogP contribution in [0.15, 0.2) is 77.9 Å². The van der Waals surface area contributed by atoms with Gasteiger partial charge in [0.05, 0.1) is 17.2 Å². The number of ketones is 2. The molecule has 6 rings (SSSR count). The molecule has 0 aromatic heterocycles. The number of hydrazone groups is 1. The lowest BCUT2D eigenvalue weighted by Crippen LogP contribution is -2.44. The molecule has 0 radical (unpaired) electrons. The van der Waals surface area contributed by atoms with Gasteiger partial charge in [-0.25, -0.2) is 4.79 Å². The Labute approximate surface area is 224 Å². The van der Waals surface area contributed by atoms with E-state index in [0.717, 1.165) is 5.56 Å². The maximum absolute atomic E-state index is 14.6. The summed E-state index contributed by atoms with van der Waals surface area (Å²) in [5.74, 6) is -2.66. The van der Waals surface area contributed by atoms with Crippen molar-refractivity contribution in [3.63, 3.8) is 0 Å². The van der Waals surface area contributed by atoms with Gasteiger partial charge in [0, 0.05) is 29.2 Å². The predicted molar refractivity (Wildman–Crippen MR) is 142 cm³/mol. The Morgan fingerprint density at radius 3 is 2.26 bits per heavy atom. The van der Waals surface area contributed by atoms with Crippen molar-refractivity contribution in [3.05, 3.63) is 111 Å². The largest absolute Gasteiger partial charge is 0.458 e. The molecule has 3 aromatic carbocycles. The van der Waals surface area contributed by atoms with Gasteiger partial charge < -0.3 is 4.74 Å². The lowest BCUT2D eigenvalue weighted by molar-refractivity contribution is -0.384. The Balaban J connectivity index is 1.69. The molecular formula is C30H25N3O6. The second-order valence-electron chi connectivity index (χ2n) is 11.0. The first-order valence-corrected chi connectivity index (χ1v) is 12.6. The zero-order valence-corrected chi connectivity index (χ0v) is 21.5. The number of ether oxygens (including phenoxy) is 1. The smallest absolute Gasteiger partial charge is 0.331 e. The summed E-state index contributed by atoms with van der Waals surface area (Å²) in [4.78, 5) is 54.3. The summed E-state index contributed by atoms with van der Waals surface area (Å²) >= 11 is 0. The molecule has 0 unspecified atom stereocenters. The van der Waals surface area contributed by atoms with Crippen molar-refractivity contribution >= 4 is 29.4 Å². The molecule has 3 aliphatic rings. The number of benzene rings is 3. The van der Waals surface area contributed by atoms with Crippen molar-refractivity contribution in [2.75, 3.05) is 0 Å². The summed E-state index contributed by atoms with van der Waals surface area (Å²) in [5.41, 5.74) is -0.676. The number of nitrogens with zero attached hydrogens (tertiary/aromatic N) is 3. The second-order valence-corrected chi connectivity index (χ2v) is 11.0. The molecule has 1 fully saturated rings. The van der Waals surface area contributed by atoms with Crippen LogP contribution in [0.2, 0.25) is 0 Å². The Morgan fingerprint density at radius 2 is 1.62 bits per heavy atom. The minimum absolute atomic E-state index is 0.213. The van der Waals surface area contributed by atoms with Gasteiger partial charge in [0.15, 0.2) is 17.6 Å². The molecule has 3 atom stereocenters. The summed E-state index contributed by atoms with van der Waals surface area (Å²) < 4.78 is 5.83. The number of nitro benzene ring substituents is 1. The van der Waals surface area contributed by atoms with Gasteiger partial charge >= 0.3 is 5.97 Å². The zero-order valence-electron chi connectivity index (χ0n) is 21.5. The molecule has 2 heterocycles. The number of carbonyl (C=O) groups excluding carboxylic acids is 3. The number of fused-ring (bicyclic) bond motifs is 5. The van der Waals surface area contributed by atoms with Crippen molar-refractivity contribution in [3.8, 4) is 0 Å². The van der Waals surface area contributed by atoms with Crippen molar-refractivity contribution in [2.24, 2.45) is 10.5 Å². The first-order valence-electron chi connectivity index (χ1n) is 12.6. The summed E-state index contributed by atoms with van der Waals surface area (Å²) in [5, 5.41) is 17.9. The Bertz CT molecular complexity index is 1570. The SMILES string of the molecule is CC(C)(C)OC(=O)[C@H]1[C@H](c2cccc([N+](=O)[O-])c2)C2(C(=O)c3ccccc3C2=O)[C@H]2c3ccccc3C=NN12. The van der Waals surface area contributed by atoms with Gasteiger partial charge in [-0.05, 0) is 37.5 Å². The van der Waals surface area contributed by atoms with E-state index in [-0.39, 0.29) is 16.8 Å². The highest BCUT2D eigenvalue weighted by atomic mass is 16.6. The maximum atomic E-state index is 14.6. The van der Waals surface area contributed by atoms with E-state index in [0.29, 0.717) is 11.1 Å². The highest BCUT2D eigenvalue weighted by molar-refractivity contribution is 6.31. The monoisotopic (exact) mass is 523 g/mol. The van der Waals surface area contributed by atoms with E-state index in [4.69, 9.17) is 4.74 Å². The second kappa shape index (κ2) is 8.42. The average Bonchev–Trinajstić information content (AvgIpc) is 3.34. The molecule has 2 aliphatic heterocycles. The third-order valence-electron chi connectivity index (χ3n) is 7.66. The van der Waals surface area contributed by atoms with Gasteiger partial charge in [-0.1, -0.05) is 60.7 Å². The van der Waals surface area contributed by atoms with Gasteiger partial charge in [0.2, 0.25) is 0 Å². The van der Waals surface area contributed by atoms with Crippen LogP contribution in [0.25, 0.3) is 0 Å². The highest BCUT2D eigenvalue weighted by Crippen LogP contribution is 2.64. The molecule has 196 valence electrons. The third-order valence-corrected chi connectivity index (χ3v) is 7.66. The molecule has 39 heavy (non-hydrogen) atoms. The predicted octanol–water partition coefficient (Wildman–Crippen LogP) is 4.86. The van der Waals surface area contributed by atoms with Crippen LogP contribution in [-0.4, -0.2) is 45.3 Å². The summed E-state index contributed by atoms with van der Waals surface area (Å²) in [7, 11) is 0. The van der Waals surface area contributed by atoms with Crippen LogP contribution >= 0.6 is 0 Å². The lowest BCUT2D eigenvalue weighted by atomic mass is 9.63. The molecule has 1 saturated heterocycles. The first kappa shape index (κ1) is 24.7. The van der Waals surface area contributed by atoms with Gasteiger partial charge in [-0.3, -0.25) is 24.7 Å². The van der Waals surface area contributed by atoms with Crippen LogP contribution in [0.5, 0.6) is 0 Å². The van der Waals surface area contributed by atoms with Crippen LogP contribution in [0.1, 0.15) is 70.1 Å². The molecule has 0 amide bonds. The van der Waals surface area contributed by atoms with Crippen molar-refractivity contribution < 1.29 is 24.0 Å². The van der Waals surface area contributed by atoms with Crippen LogP contribution < -0.4 is 0 Å². The molecule has 9 heteroatoms. The average molecular weight is 524 g/mol. The molecule has 0 N–H and O–H groups in total. The standard InChI is InChI=1S/C30H25N3O6/c1-29(2,3)39-28(36)24-23(17-10-8-11-19(15-17)33(37)38)30(26(34)21-13-6-7-14-22(21)27(30)35)25-20-12-5-4-9-18(20)16-31-32(24)25/h4-16,23-25H,1-3H3/t23-,24+,25+/m0/s1. The number of hydrogen-bond acceptors (Lipinski definition) is 8. The Kier molecular flexibility index (Phi) is 5.33. The molecule has 1 spiro atoms. The fraction of sp³-hybridized carbons (Fsp3) is 0.267. The minimum atomic E-state index is -1.81. The zero-order chi connectivity index (χ0) is 27.7. The van der Waals surface area contributed by atoms with Gasteiger partial charge in [-0.2, -0.15) is 5.10 Å². The van der Waals surface area contributed by atoms with E-state index in [1.165, 1.54) is 23.2 Å². The number of hydrogen-bond donors (Lipinski definition) is 0. The van der Waals surface area contributed by atoms with Gasteiger partial charge in [0.1, 0.15) is 11.0 Å². The first-order chi connectivity index (χ1) is 18.6. The molecule has 0 saturated carbocycles. The van der Waals surface area contributed by atoms with E-state index in [1.807, 2.05) is 24.3 Å². The van der Waals surface area contributed by atoms with Crippen LogP contribution in [0.3, 0.4) is 0 Å². The summed E-state index contributed by atoms with van der Waals surface area (Å²) in [6.07, 6.45) is 1.60. The lowest BCUT2D eigenvalue weighted by Gasteiger charge is -2.36. The van der Waals surface area contributed by atoms with Crippen molar-refractivity contribution in [1.29, 1.82) is 0 Å². The number of Topliss-reactive ketones (excluding diaryl/α,β-unsaturated/α-hetero) is 2.